The number of hydrogen-bond acceptors (Lipinski definition) is 3. The second-order valence-corrected chi connectivity index (χ2v) is 6.63. The third-order valence-electron chi connectivity index (χ3n) is 3.08. The summed E-state index contributed by atoms with van der Waals surface area (Å²) in [5.74, 6) is 0. The Balaban J connectivity index is 2.25. The topological polar surface area (TPSA) is 61.4 Å². The molecular weight excluding hydrogens is 274 g/mol. The number of hydrogen-bond donors (Lipinski definition) is 2. The molecule has 1 rings (SSSR count). The van der Waals surface area contributed by atoms with Gasteiger partial charge in [-0.3, -0.25) is 0 Å². The van der Waals surface area contributed by atoms with E-state index >= 15 is 0 Å². The normalized spacial score (nSPS) is 11.9. The van der Waals surface area contributed by atoms with E-state index in [-0.39, 0.29) is 0 Å². The SMILES string of the molecule is CNCCCN(C)S(=O)(=O)NCCCc1ccccc1. The highest BCUT2D eigenvalue weighted by Gasteiger charge is 2.15. The molecule has 0 saturated carbocycles. The summed E-state index contributed by atoms with van der Waals surface area (Å²) in [5.41, 5.74) is 1.23. The highest BCUT2D eigenvalue weighted by Crippen LogP contribution is 2.02. The lowest BCUT2D eigenvalue weighted by Crippen LogP contribution is -2.39. The maximum absolute atomic E-state index is 11.9. The van der Waals surface area contributed by atoms with Crippen molar-refractivity contribution in [2.75, 3.05) is 33.7 Å². The van der Waals surface area contributed by atoms with Gasteiger partial charge in [0.2, 0.25) is 0 Å². The van der Waals surface area contributed by atoms with Crippen molar-refractivity contribution in [1.82, 2.24) is 14.3 Å². The summed E-state index contributed by atoms with van der Waals surface area (Å²) >= 11 is 0. The molecule has 0 saturated heterocycles. The van der Waals surface area contributed by atoms with E-state index in [9.17, 15) is 8.42 Å². The molecular formula is C14H25N3O2S. The maximum atomic E-state index is 11.9. The van der Waals surface area contributed by atoms with Crippen LogP contribution in [0.3, 0.4) is 0 Å². The minimum Gasteiger partial charge on any atom is -0.320 e. The number of nitrogens with zero attached hydrogens (tertiary/aromatic N) is 1. The summed E-state index contributed by atoms with van der Waals surface area (Å²) in [7, 11) is 0.124. The van der Waals surface area contributed by atoms with Gasteiger partial charge in [-0.1, -0.05) is 30.3 Å². The zero-order chi connectivity index (χ0) is 14.8. The number of benzene rings is 1. The van der Waals surface area contributed by atoms with Gasteiger partial charge < -0.3 is 5.32 Å². The highest BCUT2D eigenvalue weighted by atomic mass is 32.2. The van der Waals surface area contributed by atoms with E-state index in [0.717, 1.165) is 25.8 Å². The number of rotatable bonds is 10. The van der Waals surface area contributed by atoms with Crippen LogP contribution in [-0.4, -0.2) is 46.5 Å². The second kappa shape index (κ2) is 9.07. The summed E-state index contributed by atoms with van der Waals surface area (Å²) < 4.78 is 27.9. The smallest absolute Gasteiger partial charge is 0.279 e. The Bertz CT molecular complexity index is 463. The van der Waals surface area contributed by atoms with E-state index in [0.29, 0.717) is 13.1 Å². The average Bonchev–Trinajstić information content (AvgIpc) is 2.45. The van der Waals surface area contributed by atoms with Crippen molar-refractivity contribution in [3.05, 3.63) is 35.9 Å². The monoisotopic (exact) mass is 299 g/mol. The molecule has 6 heteroatoms. The van der Waals surface area contributed by atoms with Crippen LogP contribution in [0.25, 0.3) is 0 Å². The Kier molecular flexibility index (Phi) is 7.76. The molecule has 0 aliphatic rings. The van der Waals surface area contributed by atoms with Crippen LogP contribution in [0.1, 0.15) is 18.4 Å². The summed E-state index contributed by atoms with van der Waals surface area (Å²) in [4.78, 5) is 0. The predicted molar refractivity (Wildman–Crippen MR) is 82.9 cm³/mol. The van der Waals surface area contributed by atoms with Gasteiger partial charge >= 0.3 is 0 Å². The van der Waals surface area contributed by atoms with Gasteiger partial charge in [0.1, 0.15) is 0 Å². The maximum Gasteiger partial charge on any atom is 0.279 e. The quantitative estimate of drug-likeness (QED) is 0.634. The molecule has 0 radical (unpaired) electrons. The standard InChI is InChI=1S/C14H25N3O2S/c1-15-11-7-13-17(2)20(18,19)16-12-6-10-14-8-4-3-5-9-14/h3-5,8-9,15-16H,6-7,10-13H2,1-2H3. The van der Waals surface area contributed by atoms with Crippen molar-refractivity contribution in [3.8, 4) is 0 Å². The van der Waals surface area contributed by atoms with Gasteiger partial charge in [-0.15, -0.1) is 0 Å². The first-order valence-electron chi connectivity index (χ1n) is 6.95. The van der Waals surface area contributed by atoms with Crippen LogP contribution < -0.4 is 10.0 Å². The van der Waals surface area contributed by atoms with Gasteiger partial charge in [-0.2, -0.15) is 12.7 Å². The Morgan fingerprint density at radius 3 is 2.45 bits per heavy atom. The third kappa shape index (κ3) is 6.47. The van der Waals surface area contributed by atoms with Gasteiger partial charge in [0.05, 0.1) is 0 Å². The Hall–Kier alpha value is -0.950. The van der Waals surface area contributed by atoms with Crippen molar-refractivity contribution >= 4 is 10.2 Å². The molecule has 114 valence electrons. The molecule has 0 heterocycles. The van der Waals surface area contributed by atoms with E-state index in [1.807, 2.05) is 25.2 Å². The molecule has 0 aromatic heterocycles. The third-order valence-corrected chi connectivity index (χ3v) is 4.65. The molecule has 1 aromatic carbocycles. The fourth-order valence-corrected chi connectivity index (χ4v) is 2.84. The van der Waals surface area contributed by atoms with Gasteiger partial charge in [0, 0.05) is 20.1 Å². The van der Waals surface area contributed by atoms with Crippen molar-refractivity contribution < 1.29 is 8.42 Å². The van der Waals surface area contributed by atoms with Crippen LogP contribution in [0.15, 0.2) is 30.3 Å². The van der Waals surface area contributed by atoms with Crippen LogP contribution in [0.2, 0.25) is 0 Å². The first-order chi connectivity index (χ1) is 9.56. The number of nitrogens with one attached hydrogen (secondary N) is 2. The zero-order valence-electron chi connectivity index (χ0n) is 12.3. The van der Waals surface area contributed by atoms with Crippen molar-refractivity contribution in [2.45, 2.75) is 19.3 Å². The van der Waals surface area contributed by atoms with Gasteiger partial charge in [-0.25, -0.2) is 4.72 Å². The van der Waals surface area contributed by atoms with E-state index < -0.39 is 10.2 Å². The molecule has 20 heavy (non-hydrogen) atoms. The molecule has 0 unspecified atom stereocenters. The lowest BCUT2D eigenvalue weighted by atomic mass is 10.1. The zero-order valence-corrected chi connectivity index (χ0v) is 13.1. The van der Waals surface area contributed by atoms with Gasteiger partial charge in [0.25, 0.3) is 10.2 Å². The molecule has 0 atom stereocenters. The van der Waals surface area contributed by atoms with Crippen LogP contribution >= 0.6 is 0 Å². The summed E-state index contributed by atoms with van der Waals surface area (Å²) in [6, 6.07) is 10.1. The van der Waals surface area contributed by atoms with Crippen LogP contribution in [-0.2, 0) is 16.6 Å². The van der Waals surface area contributed by atoms with Gasteiger partial charge in [-0.05, 0) is 38.4 Å². The van der Waals surface area contributed by atoms with Crippen molar-refractivity contribution in [1.29, 1.82) is 0 Å². The summed E-state index contributed by atoms with van der Waals surface area (Å²) in [6.07, 6.45) is 2.48. The summed E-state index contributed by atoms with van der Waals surface area (Å²) in [6.45, 7) is 1.80. The van der Waals surface area contributed by atoms with E-state index in [1.165, 1.54) is 9.87 Å². The molecule has 0 bridgehead atoms. The second-order valence-electron chi connectivity index (χ2n) is 4.77. The Morgan fingerprint density at radius 2 is 1.80 bits per heavy atom. The van der Waals surface area contributed by atoms with Crippen molar-refractivity contribution in [3.63, 3.8) is 0 Å². The van der Waals surface area contributed by atoms with E-state index in [2.05, 4.69) is 22.2 Å². The first-order valence-corrected chi connectivity index (χ1v) is 8.39. The molecule has 1 aromatic rings. The van der Waals surface area contributed by atoms with E-state index in [1.54, 1.807) is 7.05 Å². The molecule has 0 aliphatic carbocycles. The van der Waals surface area contributed by atoms with Crippen LogP contribution in [0, 0.1) is 0 Å². The molecule has 0 amide bonds. The fraction of sp³-hybridized carbons (Fsp3) is 0.571. The number of aryl methyl sites for hydroxylation is 1. The molecule has 0 aliphatic heterocycles. The van der Waals surface area contributed by atoms with Crippen LogP contribution in [0.4, 0.5) is 0 Å². The van der Waals surface area contributed by atoms with Crippen molar-refractivity contribution in [2.24, 2.45) is 0 Å². The molecule has 5 nitrogen and oxygen atoms in total. The first kappa shape index (κ1) is 17.1. The largest absolute Gasteiger partial charge is 0.320 e. The predicted octanol–water partition coefficient (Wildman–Crippen LogP) is 0.995. The highest BCUT2D eigenvalue weighted by molar-refractivity contribution is 7.87. The minimum atomic E-state index is -3.34. The Labute approximate surface area is 122 Å². The average molecular weight is 299 g/mol. The van der Waals surface area contributed by atoms with E-state index in [4.69, 9.17) is 0 Å². The minimum absolute atomic E-state index is 0.466. The van der Waals surface area contributed by atoms with Gasteiger partial charge in [0.15, 0.2) is 0 Å². The fourth-order valence-electron chi connectivity index (χ4n) is 1.85. The lowest BCUT2D eigenvalue weighted by molar-refractivity contribution is 0.447. The molecule has 0 fully saturated rings. The van der Waals surface area contributed by atoms with Crippen LogP contribution in [0.5, 0.6) is 0 Å². The molecule has 0 spiro atoms. The molecule has 2 N–H and O–H groups in total. The summed E-state index contributed by atoms with van der Waals surface area (Å²) in [5, 5.41) is 3.00. The Morgan fingerprint density at radius 1 is 1.10 bits per heavy atom. The lowest BCUT2D eigenvalue weighted by Gasteiger charge is -2.17.